The van der Waals surface area contributed by atoms with Crippen LogP contribution < -0.4 is 24.8 Å². The molecule has 0 bridgehead atoms. The Hall–Kier alpha value is -0.553. The molecule has 3 aliphatic carbocycles. The molecule has 0 unspecified atom stereocenters. The van der Waals surface area contributed by atoms with E-state index in [4.69, 9.17) is 0 Å². The van der Waals surface area contributed by atoms with Gasteiger partial charge in [-0.05, 0) is 59.4 Å². The summed E-state index contributed by atoms with van der Waals surface area (Å²) in [6.45, 7) is 0.507. The molecule has 0 spiro atoms. The quantitative estimate of drug-likeness (QED) is 0.346. The van der Waals surface area contributed by atoms with E-state index in [1.54, 1.807) is 67.4 Å². The number of allylic oxidation sites excluding steroid dienone is 4. The molecule has 5 rings (SSSR count). The van der Waals surface area contributed by atoms with Gasteiger partial charge >= 0.3 is 67.9 Å². The first kappa shape index (κ1) is 27.5. The van der Waals surface area contributed by atoms with Crippen molar-refractivity contribution in [1.29, 1.82) is 0 Å². The van der Waals surface area contributed by atoms with E-state index in [0.29, 0.717) is 6.71 Å². The summed E-state index contributed by atoms with van der Waals surface area (Å²) in [5.74, 6) is -0.254. The topological polar surface area (TPSA) is 0 Å². The summed E-state index contributed by atoms with van der Waals surface area (Å²) >= 11 is 1.57. The predicted octanol–water partition coefficient (Wildman–Crippen LogP) is 0.574. The molecule has 30 heavy (non-hydrogen) atoms. The molecule has 0 amide bonds. The summed E-state index contributed by atoms with van der Waals surface area (Å²) in [5.41, 5.74) is 6.05. The Labute approximate surface area is 207 Å². The van der Waals surface area contributed by atoms with Crippen molar-refractivity contribution in [2.24, 2.45) is 0 Å². The molecule has 0 aromatic heterocycles. The van der Waals surface area contributed by atoms with Gasteiger partial charge in [-0.15, -0.1) is 0 Å². The van der Waals surface area contributed by atoms with Crippen molar-refractivity contribution in [3.8, 4) is 11.1 Å². The Morgan fingerprint density at radius 3 is 2.13 bits per heavy atom. The first-order chi connectivity index (χ1) is 13.7. The van der Waals surface area contributed by atoms with Crippen molar-refractivity contribution >= 4 is 6.71 Å². The Morgan fingerprint density at radius 1 is 0.867 bits per heavy atom. The van der Waals surface area contributed by atoms with Gasteiger partial charge in [0.1, 0.15) is 11.6 Å². The number of hydrogen-bond donors (Lipinski definition) is 0. The van der Waals surface area contributed by atoms with E-state index < -0.39 is 0 Å². The minimum atomic E-state index is -0.152. The van der Waals surface area contributed by atoms with Gasteiger partial charge < -0.3 is 24.8 Å². The molecule has 1 fully saturated rings. The Bertz CT molecular complexity index is 846. The molecule has 2 aromatic rings. The SMILES string of the molecule is FC1=CCC=C1.Fc1ccc2c(c1)-c1ccccc1C2.[Cl-].[Cl-].[Hf+2][SiH2]C1CCCCC1. The zero-order valence-corrected chi connectivity index (χ0v) is 23.5. The van der Waals surface area contributed by atoms with Crippen molar-refractivity contribution in [1.82, 2.24) is 0 Å². The maximum absolute atomic E-state index is 13.1. The second-order valence-corrected chi connectivity index (χ2v) is 13.5. The van der Waals surface area contributed by atoms with Gasteiger partial charge in [0, 0.05) is 0 Å². The minimum absolute atomic E-state index is 0. The number of benzene rings is 2. The van der Waals surface area contributed by atoms with Crippen LogP contribution in [-0.2, 0) is 30.0 Å². The number of fused-ring (bicyclic) bond motifs is 3. The van der Waals surface area contributed by atoms with Crippen LogP contribution in [0.5, 0.6) is 0 Å². The summed E-state index contributed by atoms with van der Waals surface area (Å²) in [6, 6.07) is 13.2. The first-order valence-electron chi connectivity index (χ1n) is 10.2. The van der Waals surface area contributed by atoms with Crippen LogP contribution in [0.1, 0.15) is 49.7 Å². The third-order valence-electron chi connectivity index (χ3n) is 5.50. The van der Waals surface area contributed by atoms with E-state index in [-0.39, 0.29) is 36.5 Å². The van der Waals surface area contributed by atoms with Crippen LogP contribution in [0.3, 0.4) is 0 Å². The fourth-order valence-corrected chi connectivity index (χ4v) is 9.30. The molecule has 6 heteroatoms. The van der Waals surface area contributed by atoms with Gasteiger partial charge in [-0.25, -0.2) is 8.78 Å². The van der Waals surface area contributed by atoms with Crippen molar-refractivity contribution < 1.29 is 57.1 Å². The molecule has 2 aromatic carbocycles. The van der Waals surface area contributed by atoms with Gasteiger partial charge in [0.05, 0.1) is 0 Å². The molecule has 3 aliphatic rings. The van der Waals surface area contributed by atoms with Crippen molar-refractivity contribution in [3.63, 3.8) is 0 Å². The Balaban J connectivity index is 0.000000242. The summed E-state index contributed by atoms with van der Waals surface area (Å²) in [6.07, 6.45) is 14.4. The van der Waals surface area contributed by atoms with E-state index >= 15 is 0 Å². The van der Waals surface area contributed by atoms with Crippen LogP contribution in [0.4, 0.5) is 8.78 Å². The van der Waals surface area contributed by atoms with Crippen LogP contribution >= 0.6 is 0 Å². The second-order valence-electron chi connectivity index (χ2n) is 7.57. The average molecular weight is 631 g/mol. The van der Waals surface area contributed by atoms with Gasteiger partial charge in [0.15, 0.2) is 0 Å². The molecule has 0 heterocycles. The van der Waals surface area contributed by atoms with E-state index in [1.807, 2.05) is 18.2 Å². The normalized spacial score (nSPS) is 16.2. The third kappa shape index (κ3) is 8.18. The van der Waals surface area contributed by atoms with Gasteiger partial charge in [-0.2, -0.15) is 0 Å². The first-order valence-corrected chi connectivity index (χ1v) is 19.4. The summed E-state index contributed by atoms with van der Waals surface area (Å²) in [7, 11) is 0. The number of rotatable bonds is 1. The summed E-state index contributed by atoms with van der Waals surface area (Å²) < 4.78 is 24.8. The standard InChI is InChI=1S/C13H9F.C6H13Si.C5H5F.2ClH.Hf/c14-11-6-5-10-7-9-3-1-2-4-12(9)13(10)8-11;7-6-4-2-1-3-5-6;6-5-3-1-2-4-5;;;/h1-6,8H,7H2;6H,1-5,7H2;1,3-4H,2H2;2*1H;/q;;;;;+2/p-2. The van der Waals surface area contributed by atoms with Crippen molar-refractivity contribution in [2.75, 3.05) is 0 Å². The van der Waals surface area contributed by atoms with Crippen LogP contribution in [0.2, 0.25) is 5.54 Å². The molecule has 0 aliphatic heterocycles. The summed E-state index contributed by atoms with van der Waals surface area (Å²) in [5, 5.41) is 0. The number of hydrogen-bond acceptors (Lipinski definition) is 0. The van der Waals surface area contributed by atoms with E-state index in [9.17, 15) is 8.78 Å². The molecule has 0 N–H and O–H groups in total. The fraction of sp³-hybridized carbons (Fsp3) is 0.333. The van der Waals surface area contributed by atoms with Crippen molar-refractivity contribution in [2.45, 2.75) is 50.5 Å². The van der Waals surface area contributed by atoms with E-state index in [0.717, 1.165) is 18.4 Å². The molecule has 1 saturated carbocycles. The van der Waals surface area contributed by atoms with Gasteiger partial charge in [0.2, 0.25) is 0 Å². The van der Waals surface area contributed by atoms with Gasteiger partial charge in [-0.3, -0.25) is 0 Å². The monoisotopic (exact) mass is 631 g/mol. The molecule has 0 radical (unpaired) electrons. The molecular weight excluding hydrogens is 604 g/mol. The Kier molecular flexibility index (Phi) is 13.3. The average Bonchev–Trinajstić information content (AvgIpc) is 3.36. The maximum atomic E-state index is 13.1. The Morgan fingerprint density at radius 2 is 1.57 bits per heavy atom. The fourth-order valence-electron chi connectivity index (χ4n) is 3.92. The van der Waals surface area contributed by atoms with Crippen LogP contribution in [0.25, 0.3) is 11.1 Å². The van der Waals surface area contributed by atoms with E-state index in [1.165, 1.54) is 40.8 Å². The third-order valence-corrected chi connectivity index (χ3v) is 13.1. The number of halogens is 4. The van der Waals surface area contributed by atoms with Crippen LogP contribution in [0, 0.1) is 5.82 Å². The van der Waals surface area contributed by atoms with Crippen molar-refractivity contribution in [3.05, 3.63) is 83.5 Å². The second kappa shape index (κ2) is 14.5. The zero-order chi connectivity index (χ0) is 19.8. The molecule has 0 atom stereocenters. The molecular formula is C24H27Cl2F2HfSi. The molecule has 159 valence electrons. The van der Waals surface area contributed by atoms with E-state index in [2.05, 4.69) is 12.1 Å². The van der Waals surface area contributed by atoms with Crippen LogP contribution in [0.15, 0.2) is 66.5 Å². The van der Waals surface area contributed by atoms with Gasteiger partial charge in [0.25, 0.3) is 0 Å². The van der Waals surface area contributed by atoms with Crippen LogP contribution in [-0.4, -0.2) is 6.71 Å². The summed E-state index contributed by atoms with van der Waals surface area (Å²) in [4.78, 5) is 0. The molecule has 0 nitrogen and oxygen atoms in total. The predicted molar refractivity (Wildman–Crippen MR) is 113 cm³/mol. The van der Waals surface area contributed by atoms with Gasteiger partial charge in [-0.1, -0.05) is 36.4 Å². The zero-order valence-electron chi connectivity index (χ0n) is 17.0. The molecule has 0 saturated heterocycles.